The highest BCUT2D eigenvalue weighted by molar-refractivity contribution is 7.89. The van der Waals surface area contributed by atoms with Crippen LogP contribution in [0.2, 0.25) is 0 Å². The van der Waals surface area contributed by atoms with Crippen molar-refractivity contribution >= 4 is 15.9 Å². The molecule has 1 fully saturated rings. The van der Waals surface area contributed by atoms with E-state index in [9.17, 15) is 17.6 Å². The lowest BCUT2D eigenvalue weighted by Gasteiger charge is -2.25. The summed E-state index contributed by atoms with van der Waals surface area (Å²) in [5, 5.41) is 1.98. The van der Waals surface area contributed by atoms with Gasteiger partial charge in [0.05, 0.1) is 6.54 Å². The Kier molecular flexibility index (Phi) is 6.50. The zero-order valence-electron chi connectivity index (χ0n) is 14.6. The zero-order valence-corrected chi connectivity index (χ0v) is 15.4. The van der Waals surface area contributed by atoms with Gasteiger partial charge >= 0.3 is 0 Å². The standard InChI is InChI=1S/C16H25FN4O3S/c1-11-16(12(2)20-19-11)25(23,24)21(3)10-15(22)18-9-8-13-6-4-5-7-14(13)17/h4-7,11-12,16,19-20H,8-10H2,1-3H3,(H,18,22). The van der Waals surface area contributed by atoms with Crippen LogP contribution >= 0.6 is 0 Å². The van der Waals surface area contributed by atoms with Gasteiger partial charge in [-0.25, -0.2) is 12.8 Å². The Morgan fingerprint density at radius 3 is 2.44 bits per heavy atom. The zero-order chi connectivity index (χ0) is 18.6. The van der Waals surface area contributed by atoms with E-state index in [0.29, 0.717) is 12.0 Å². The number of amides is 1. The molecule has 2 atom stereocenters. The highest BCUT2D eigenvalue weighted by atomic mass is 32.2. The second-order valence-corrected chi connectivity index (χ2v) is 8.52. The van der Waals surface area contributed by atoms with Crippen LogP contribution < -0.4 is 16.2 Å². The number of hydrazine groups is 1. The van der Waals surface area contributed by atoms with E-state index in [0.717, 1.165) is 4.31 Å². The third kappa shape index (κ3) is 4.75. The second kappa shape index (κ2) is 8.22. The number of nitrogens with one attached hydrogen (secondary N) is 3. The number of halogens is 1. The molecule has 3 N–H and O–H groups in total. The third-order valence-corrected chi connectivity index (χ3v) is 6.85. The van der Waals surface area contributed by atoms with Gasteiger partial charge in [0, 0.05) is 25.7 Å². The van der Waals surface area contributed by atoms with Crippen LogP contribution in [0.15, 0.2) is 24.3 Å². The first-order chi connectivity index (χ1) is 11.7. The number of hydrogen-bond acceptors (Lipinski definition) is 5. The van der Waals surface area contributed by atoms with Crippen molar-refractivity contribution in [1.29, 1.82) is 0 Å². The Labute approximate surface area is 148 Å². The molecule has 1 amide bonds. The molecule has 140 valence electrons. The van der Waals surface area contributed by atoms with Crippen molar-refractivity contribution < 1.29 is 17.6 Å². The monoisotopic (exact) mass is 372 g/mol. The normalized spacial score (nSPS) is 23.8. The van der Waals surface area contributed by atoms with Crippen molar-refractivity contribution in [3.8, 4) is 0 Å². The van der Waals surface area contributed by atoms with Crippen molar-refractivity contribution in [2.24, 2.45) is 0 Å². The predicted octanol–water partition coefficient (Wildman–Crippen LogP) is -0.000600. The van der Waals surface area contributed by atoms with Crippen molar-refractivity contribution in [2.45, 2.75) is 37.6 Å². The first-order valence-electron chi connectivity index (χ1n) is 8.19. The summed E-state index contributed by atoms with van der Waals surface area (Å²) in [4.78, 5) is 12.0. The molecule has 1 aromatic rings. The summed E-state index contributed by atoms with van der Waals surface area (Å²) in [5.74, 6) is -0.734. The fourth-order valence-corrected chi connectivity index (χ4v) is 4.85. The minimum atomic E-state index is -3.63. The quantitative estimate of drug-likeness (QED) is 0.627. The molecule has 25 heavy (non-hydrogen) atoms. The Bertz CT molecular complexity index is 703. The Balaban J connectivity index is 1.86. The molecule has 1 aliphatic heterocycles. The third-order valence-electron chi connectivity index (χ3n) is 4.34. The number of sulfonamides is 1. The maximum Gasteiger partial charge on any atom is 0.235 e. The van der Waals surface area contributed by atoms with Gasteiger partial charge in [-0.2, -0.15) is 4.31 Å². The number of benzene rings is 1. The summed E-state index contributed by atoms with van der Waals surface area (Å²) in [6.45, 7) is 3.53. The van der Waals surface area contributed by atoms with Crippen LogP contribution in [-0.2, 0) is 21.2 Å². The van der Waals surface area contributed by atoms with Crippen LogP contribution in [0.3, 0.4) is 0 Å². The maximum absolute atomic E-state index is 13.5. The van der Waals surface area contributed by atoms with E-state index < -0.39 is 21.2 Å². The first kappa shape index (κ1) is 19.8. The topological polar surface area (TPSA) is 90.5 Å². The molecule has 0 spiro atoms. The smallest absolute Gasteiger partial charge is 0.235 e. The van der Waals surface area contributed by atoms with Gasteiger partial charge in [-0.05, 0) is 31.9 Å². The molecular weight excluding hydrogens is 347 g/mol. The van der Waals surface area contributed by atoms with E-state index in [1.165, 1.54) is 13.1 Å². The van der Waals surface area contributed by atoms with Gasteiger partial charge in [0.2, 0.25) is 15.9 Å². The highest BCUT2D eigenvalue weighted by Gasteiger charge is 2.42. The SMILES string of the molecule is CC1NNC(C)C1S(=O)(=O)N(C)CC(=O)NCCc1ccccc1F. The summed E-state index contributed by atoms with van der Waals surface area (Å²) in [6.07, 6.45) is 0.347. The number of likely N-dealkylation sites (N-methyl/N-ethyl adjacent to an activating group) is 1. The van der Waals surface area contributed by atoms with Crippen molar-refractivity contribution in [3.05, 3.63) is 35.6 Å². The molecule has 1 saturated heterocycles. The van der Waals surface area contributed by atoms with E-state index in [-0.39, 0.29) is 31.0 Å². The van der Waals surface area contributed by atoms with E-state index in [4.69, 9.17) is 0 Å². The Morgan fingerprint density at radius 1 is 1.24 bits per heavy atom. The van der Waals surface area contributed by atoms with E-state index in [2.05, 4.69) is 16.2 Å². The van der Waals surface area contributed by atoms with Gasteiger partial charge in [-0.15, -0.1) is 0 Å². The molecule has 0 saturated carbocycles. The van der Waals surface area contributed by atoms with Crippen LogP contribution in [0.1, 0.15) is 19.4 Å². The molecular formula is C16H25FN4O3S. The van der Waals surface area contributed by atoms with Crippen LogP contribution in [0.4, 0.5) is 4.39 Å². The van der Waals surface area contributed by atoms with Crippen molar-refractivity contribution in [3.63, 3.8) is 0 Å². The highest BCUT2D eigenvalue weighted by Crippen LogP contribution is 2.18. The van der Waals surface area contributed by atoms with Gasteiger partial charge in [-0.1, -0.05) is 18.2 Å². The van der Waals surface area contributed by atoms with Crippen LogP contribution in [0.5, 0.6) is 0 Å². The first-order valence-corrected chi connectivity index (χ1v) is 9.70. The largest absolute Gasteiger partial charge is 0.355 e. The molecule has 0 aromatic heterocycles. The summed E-state index contributed by atoms with van der Waals surface area (Å²) in [6, 6.07) is 5.83. The average Bonchev–Trinajstić information content (AvgIpc) is 2.88. The molecule has 0 bridgehead atoms. The van der Waals surface area contributed by atoms with E-state index >= 15 is 0 Å². The fraction of sp³-hybridized carbons (Fsp3) is 0.562. The van der Waals surface area contributed by atoms with E-state index in [1.807, 2.05) is 0 Å². The van der Waals surface area contributed by atoms with Gasteiger partial charge in [0.25, 0.3) is 0 Å². The van der Waals surface area contributed by atoms with Crippen molar-refractivity contribution in [2.75, 3.05) is 20.1 Å². The molecule has 2 unspecified atom stereocenters. The number of carbonyl (C=O) groups excluding carboxylic acids is 1. The van der Waals surface area contributed by atoms with Gasteiger partial charge in [0.1, 0.15) is 11.1 Å². The lowest BCUT2D eigenvalue weighted by molar-refractivity contribution is -0.121. The molecule has 2 rings (SSSR count). The van der Waals surface area contributed by atoms with Crippen LogP contribution in [-0.4, -0.2) is 56.1 Å². The lowest BCUT2D eigenvalue weighted by Crippen LogP contribution is -2.48. The average molecular weight is 372 g/mol. The summed E-state index contributed by atoms with van der Waals surface area (Å²) < 4.78 is 39.9. The molecule has 7 nitrogen and oxygen atoms in total. The molecule has 0 radical (unpaired) electrons. The summed E-state index contributed by atoms with van der Waals surface area (Å²) in [7, 11) is -2.24. The molecule has 1 aromatic carbocycles. The van der Waals surface area contributed by atoms with Crippen LogP contribution in [0, 0.1) is 5.82 Å². The van der Waals surface area contributed by atoms with Crippen molar-refractivity contribution in [1.82, 2.24) is 20.5 Å². The molecule has 9 heteroatoms. The number of hydrogen-bond donors (Lipinski definition) is 3. The summed E-state index contributed by atoms with van der Waals surface area (Å²) >= 11 is 0. The summed E-state index contributed by atoms with van der Waals surface area (Å²) in [5.41, 5.74) is 6.31. The molecule has 1 heterocycles. The number of nitrogens with zero attached hydrogens (tertiary/aromatic N) is 1. The maximum atomic E-state index is 13.5. The van der Waals surface area contributed by atoms with E-state index in [1.54, 1.807) is 32.0 Å². The van der Waals surface area contributed by atoms with Gasteiger partial charge in [-0.3, -0.25) is 15.6 Å². The second-order valence-electron chi connectivity index (χ2n) is 6.32. The Hall–Kier alpha value is -1.55. The van der Waals surface area contributed by atoms with Gasteiger partial charge in [0.15, 0.2) is 0 Å². The van der Waals surface area contributed by atoms with Crippen LogP contribution in [0.25, 0.3) is 0 Å². The molecule has 0 aliphatic carbocycles. The Morgan fingerprint density at radius 2 is 1.84 bits per heavy atom. The lowest BCUT2D eigenvalue weighted by atomic mass is 10.1. The number of rotatable bonds is 7. The molecule has 1 aliphatic rings. The van der Waals surface area contributed by atoms with Gasteiger partial charge < -0.3 is 5.32 Å². The minimum absolute atomic E-state index is 0.243. The number of carbonyl (C=O) groups is 1. The predicted molar refractivity (Wildman–Crippen MR) is 93.6 cm³/mol. The minimum Gasteiger partial charge on any atom is -0.355 e. The fourth-order valence-electron chi connectivity index (χ4n) is 2.97.